The molecule has 1 aliphatic carbocycles. The van der Waals surface area contributed by atoms with Gasteiger partial charge in [-0.3, -0.25) is 4.79 Å². The number of nitrogens with one attached hydrogen (secondary N) is 1. The summed E-state index contributed by atoms with van der Waals surface area (Å²) >= 11 is 0. The Bertz CT molecular complexity index is 597. The fourth-order valence-corrected chi connectivity index (χ4v) is 3.25. The fraction of sp³-hybridized carbons (Fsp3) is 0.588. The third-order valence-electron chi connectivity index (χ3n) is 4.64. The summed E-state index contributed by atoms with van der Waals surface area (Å²) in [7, 11) is 0. The lowest BCUT2D eigenvalue weighted by Crippen LogP contribution is -2.52. The van der Waals surface area contributed by atoms with Crippen molar-refractivity contribution in [2.45, 2.75) is 57.0 Å². The molecule has 1 N–H and O–H groups in total. The molecule has 1 aliphatic heterocycles. The molecule has 4 nitrogen and oxygen atoms in total. The molecule has 3 rings (SSSR count). The molecule has 1 saturated carbocycles. The van der Waals surface area contributed by atoms with Crippen LogP contribution in [0, 0.1) is 5.92 Å². The molecule has 2 atom stereocenters. The number of rotatable bonds is 2. The molecule has 0 saturated heterocycles. The monoisotopic (exact) mass is 343 g/mol. The maximum atomic E-state index is 12.7. The maximum absolute atomic E-state index is 12.7. The summed E-state index contributed by atoms with van der Waals surface area (Å²) in [5, 5.41) is 2.81. The predicted octanol–water partition coefficient (Wildman–Crippen LogP) is 3.45. The lowest BCUT2D eigenvalue weighted by atomic mass is 9.85. The van der Waals surface area contributed by atoms with Crippen LogP contribution in [0.4, 0.5) is 13.2 Å². The summed E-state index contributed by atoms with van der Waals surface area (Å²) < 4.78 is 49.5. The average molecular weight is 343 g/mol. The first-order valence-electron chi connectivity index (χ1n) is 8.14. The van der Waals surface area contributed by atoms with E-state index in [1.165, 1.54) is 0 Å². The number of hydrogen-bond donors (Lipinski definition) is 1. The summed E-state index contributed by atoms with van der Waals surface area (Å²) in [6.45, 7) is 1.74. The number of alkyl halides is 3. The minimum Gasteiger partial charge on any atom is -0.482 e. The smallest absolute Gasteiger partial charge is 0.391 e. The van der Waals surface area contributed by atoms with Crippen LogP contribution in [0.5, 0.6) is 11.5 Å². The molecule has 1 amide bonds. The van der Waals surface area contributed by atoms with Crippen LogP contribution in [-0.4, -0.2) is 30.3 Å². The van der Waals surface area contributed by atoms with E-state index in [1.54, 1.807) is 25.1 Å². The third-order valence-corrected chi connectivity index (χ3v) is 4.64. The quantitative estimate of drug-likeness (QED) is 0.895. The highest BCUT2D eigenvalue weighted by molar-refractivity contribution is 5.82. The largest absolute Gasteiger partial charge is 0.482 e. The molecular weight excluding hydrogens is 323 g/mol. The van der Waals surface area contributed by atoms with Gasteiger partial charge in [0.15, 0.2) is 11.5 Å². The van der Waals surface area contributed by atoms with Crippen molar-refractivity contribution in [3.63, 3.8) is 0 Å². The highest BCUT2D eigenvalue weighted by atomic mass is 19.4. The van der Waals surface area contributed by atoms with Crippen molar-refractivity contribution in [1.29, 1.82) is 0 Å². The number of halogens is 3. The average Bonchev–Trinajstić information content (AvgIpc) is 2.53. The number of hydrogen-bond acceptors (Lipinski definition) is 3. The molecule has 1 heterocycles. The number of carbonyl (C=O) groups is 1. The van der Waals surface area contributed by atoms with Gasteiger partial charge < -0.3 is 14.8 Å². The summed E-state index contributed by atoms with van der Waals surface area (Å²) in [5.41, 5.74) is 0. The van der Waals surface area contributed by atoms with E-state index in [0.717, 1.165) is 0 Å². The molecule has 1 aromatic rings. The second kappa shape index (κ2) is 6.53. The number of amides is 1. The maximum Gasteiger partial charge on any atom is 0.391 e. The molecule has 132 valence electrons. The number of carbonyl (C=O) groups excluding carboxylic acids is 1. The minimum atomic E-state index is -4.15. The molecule has 2 aliphatic rings. The van der Waals surface area contributed by atoms with Gasteiger partial charge >= 0.3 is 6.18 Å². The van der Waals surface area contributed by atoms with E-state index in [0.29, 0.717) is 24.3 Å². The van der Waals surface area contributed by atoms with Crippen molar-refractivity contribution in [1.82, 2.24) is 5.32 Å². The van der Waals surface area contributed by atoms with E-state index in [9.17, 15) is 18.0 Å². The lowest BCUT2D eigenvalue weighted by Gasteiger charge is -2.34. The normalized spacial score (nSPS) is 29.8. The molecule has 0 radical (unpaired) electrons. The van der Waals surface area contributed by atoms with Crippen LogP contribution < -0.4 is 14.8 Å². The lowest BCUT2D eigenvalue weighted by molar-refractivity contribution is -0.182. The minimum absolute atomic E-state index is 0.0505. The van der Waals surface area contributed by atoms with Crippen LogP contribution in [0.2, 0.25) is 0 Å². The second-order valence-corrected chi connectivity index (χ2v) is 6.41. The second-order valence-electron chi connectivity index (χ2n) is 6.41. The van der Waals surface area contributed by atoms with E-state index in [4.69, 9.17) is 9.47 Å². The molecular formula is C17H20F3NO3. The first kappa shape index (κ1) is 16.9. The Balaban J connectivity index is 1.56. The molecule has 0 spiro atoms. The van der Waals surface area contributed by atoms with E-state index >= 15 is 0 Å². The van der Waals surface area contributed by atoms with Gasteiger partial charge in [-0.15, -0.1) is 0 Å². The van der Waals surface area contributed by atoms with Gasteiger partial charge in [-0.2, -0.15) is 13.2 Å². The molecule has 0 unspecified atom stereocenters. The van der Waals surface area contributed by atoms with Crippen LogP contribution in [0.1, 0.15) is 32.6 Å². The standard InChI is InChI=1S/C17H20F3NO3/c1-10-15(24-14-5-3-2-4-13(14)23-10)16(22)21-12-8-6-11(7-9-12)17(18,19)20/h2-5,10-12,15H,6-9H2,1H3,(H,21,22)/t10-,11?,12?,15-/m1/s1. The van der Waals surface area contributed by atoms with Crippen molar-refractivity contribution in [3.8, 4) is 11.5 Å². The summed E-state index contributed by atoms with van der Waals surface area (Å²) in [4.78, 5) is 12.4. The van der Waals surface area contributed by atoms with Gasteiger partial charge in [0.25, 0.3) is 5.91 Å². The zero-order valence-electron chi connectivity index (χ0n) is 13.3. The Labute approximate surface area is 138 Å². The fourth-order valence-electron chi connectivity index (χ4n) is 3.25. The summed E-state index contributed by atoms with van der Waals surface area (Å²) in [6, 6.07) is 6.83. The van der Waals surface area contributed by atoms with Crippen LogP contribution in [0.3, 0.4) is 0 Å². The third kappa shape index (κ3) is 3.60. The van der Waals surface area contributed by atoms with Crippen molar-refractivity contribution in [2.24, 2.45) is 5.92 Å². The molecule has 1 fully saturated rings. The first-order valence-corrected chi connectivity index (χ1v) is 8.14. The highest BCUT2D eigenvalue weighted by Gasteiger charge is 2.42. The van der Waals surface area contributed by atoms with Gasteiger partial charge in [-0.25, -0.2) is 0 Å². The van der Waals surface area contributed by atoms with Gasteiger partial charge in [-0.05, 0) is 44.7 Å². The summed E-state index contributed by atoms with van der Waals surface area (Å²) in [5.74, 6) is -0.519. The Morgan fingerprint density at radius 2 is 1.67 bits per heavy atom. The van der Waals surface area contributed by atoms with Gasteiger partial charge in [0.2, 0.25) is 6.10 Å². The van der Waals surface area contributed by atoms with Crippen molar-refractivity contribution in [3.05, 3.63) is 24.3 Å². The van der Waals surface area contributed by atoms with Crippen LogP contribution in [0.15, 0.2) is 24.3 Å². The number of fused-ring (bicyclic) bond motifs is 1. The Morgan fingerprint density at radius 1 is 1.08 bits per heavy atom. The highest BCUT2D eigenvalue weighted by Crippen LogP contribution is 2.38. The van der Waals surface area contributed by atoms with E-state index in [-0.39, 0.29) is 24.8 Å². The Morgan fingerprint density at radius 3 is 2.25 bits per heavy atom. The van der Waals surface area contributed by atoms with Gasteiger partial charge in [0, 0.05) is 6.04 Å². The number of para-hydroxylation sites is 2. The van der Waals surface area contributed by atoms with Gasteiger partial charge in [0.1, 0.15) is 6.10 Å². The zero-order valence-corrected chi connectivity index (χ0v) is 13.3. The molecule has 24 heavy (non-hydrogen) atoms. The first-order chi connectivity index (χ1) is 11.3. The zero-order chi connectivity index (χ0) is 17.3. The Hall–Kier alpha value is -1.92. The molecule has 7 heteroatoms. The van der Waals surface area contributed by atoms with E-state index in [1.807, 2.05) is 6.07 Å². The topological polar surface area (TPSA) is 47.6 Å². The van der Waals surface area contributed by atoms with Crippen molar-refractivity contribution >= 4 is 5.91 Å². The summed E-state index contributed by atoms with van der Waals surface area (Å²) in [6.07, 6.45) is -4.66. The number of ether oxygens (including phenoxy) is 2. The Kier molecular flexibility index (Phi) is 4.60. The molecule has 0 bridgehead atoms. The van der Waals surface area contributed by atoms with Gasteiger partial charge in [-0.1, -0.05) is 12.1 Å². The number of benzene rings is 1. The van der Waals surface area contributed by atoms with Crippen LogP contribution in [0.25, 0.3) is 0 Å². The van der Waals surface area contributed by atoms with Crippen molar-refractivity contribution < 1.29 is 27.4 Å². The van der Waals surface area contributed by atoms with Crippen LogP contribution in [-0.2, 0) is 4.79 Å². The van der Waals surface area contributed by atoms with E-state index in [2.05, 4.69) is 5.32 Å². The van der Waals surface area contributed by atoms with Gasteiger partial charge in [0.05, 0.1) is 5.92 Å². The SMILES string of the molecule is C[C@H]1Oc2ccccc2O[C@H]1C(=O)NC1CCC(C(F)(F)F)CC1. The molecule has 1 aromatic carbocycles. The predicted molar refractivity (Wildman–Crippen MR) is 80.9 cm³/mol. The van der Waals surface area contributed by atoms with E-state index < -0.39 is 24.3 Å². The van der Waals surface area contributed by atoms with Crippen molar-refractivity contribution in [2.75, 3.05) is 0 Å². The van der Waals surface area contributed by atoms with Crippen LogP contribution >= 0.6 is 0 Å². The molecule has 0 aromatic heterocycles.